The number of carbonyl (C=O) groups is 1. The Hall–Kier alpha value is -1.28. The van der Waals surface area contributed by atoms with Crippen molar-refractivity contribution in [2.24, 2.45) is 39.6 Å². The van der Waals surface area contributed by atoms with E-state index in [-0.39, 0.29) is 5.41 Å². The number of allylic oxidation sites excluding steroid dienone is 1. The van der Waals surface area contributed by atoms with Gasteiger partial charge in [0.2, 0.25) is 4.91 Å². The fourth-order valence-electron chi connectivity index (χ4n) is 7.11. The first-order chi connectivity index (χ1) is 11.5. The SMILES string of the molecule is CC12CCC(=O)C=C1CCC1C2CCC2(C)C(CN=[N+]=N)CCC12. The molecule has 6 atom stereocenters. The molecule has 0 radical (unpaired) electrons. The highest BCUT2D eigenvalue weighted by atomic mass is 16.1. The topological polar surface area (TPSA) is 67.4 Å². The molecule has 24 heavy (non-hydrogen) atoms. The molecule has 3 fully saturated rings. The average molecular weight is 328 g/mol. The maximum Gasteiger partial charge on any atom is 0.214 e. The first-order valence-corrected chi connectivity index (χ1v) is 9.76. The van der Waals surface area contributed by atoms with Crippen LogP contribution in [0, 0.1) is 40.0 Å². The molecule has 4 heteroatoms. The molecule has 130 valence electrons. The molecule has 3 saturated carbocycles. The molecule has 6 unspecified atom stereocenters. The molecule has 4 rings (SSSR count). The summed E-state index contributed by atoms with van der Waals surface area (Å²) in [7, 11) is 0. The van der Waals surface area contributed by atoms with E-state index in [1.54, 1.807) is 0 Å². The lowest BCUT2D eigenvalue weighted by Gasteiger charge is -2.58. The summed E-state index contributed by atoms with van der Waals surface area (Å²) in [4.78, 5) is 15.1. The maximum atomic E-state index is 11.9. The third-order valence-electron chi connectivity index (χ3n) is 8.53. The van der Waals surface area contributed by atoms with Gasteiger partial charge in [0.1, 0.15) is 17.2 Å². The minimum atomic E-state index is 0.275. The van der Waals surface area contributed by atoms with E-state index in [1.165, 1.54) is 37.7 Å². The quantitative estimate of drug-likeness (QED) is 0.580. The van der Waals surface area contributed by atoms with Crippen molar-refractivity contribution in [3.63, 3.8) is 0 Å². The minimum Gasteiger partial charge on any atom is -0.295 e. The lowest BCUT2D eigenvalue weighted by molar-refractivity contribution is -0.117. The third kappa shape index (κ3) is 2.19. The van der Waals surface area contributed by atoms with Gasteiger partial charge in [0.15, 0.2) is 5.78 Å². The van der Waals surface area contributed by atoms with Crippen molar-refractivity contribution >= 4 is 5.78 Å². The van der Waals surface area contributed by atoms with E-state index in [0.29, 0.717) is 17.1 Å². The standard InChI is InChI=1S/C20H30N3O/c1-19-9-7-15(24)11-13(19)3-5-16-17-6-4-14(12-22-23-21)20(17,2)10-8-18(16)19/h11,14,16-18,21H,3-10,12H2,1-2H3/q+1. The van der Waals surface area contributed by atoms with Crippen molar-refractivity contribution in [3.05, 3.63) is 11.6 Å². The molecule has 0 bridgehead atoms. The van der Waals surface area contributed by atoms with Gasteiger partial charge in [-0.2, -0.15) is 0 Å². The van der Waals surface area contributed by atoms with E-state index in [9.17, 15) is 4.79 Å². The van der Waals surface area contributed by atoms with Crippen molar-refractivity contribution < 1.29 is 4.79 Å². The van der Waals surface area contributed by atoms with Crippen LogP contribution in [0.15, 0.2) is 16.8 Å². The second-order valence-corrected chi connectivity index (χ2v) is 9.21. The van der Waals surface area contributed by atoms with Gasteiger partial charge in [0.05, 0.1) is 0 Å². The largest absolute Gasteiger partial charge is 0.295 e. The van der Waals surface area contributed by atoms with Crippen LogP contribution in [0.4, 0.5) is 0 Å². The first kappa shape index (κ1) is 16.2. The summed E-state index contributed by atoms with van der Waals surface area (Å²) in [5.74, 6) is 3.34. The molecule has 4 aliphatic carbocycles. The Morgan fingerprint density at radius 3 is 2.79 bits per heavy atom. The molecule has 0 aromatic rings. The van der Waals surface area contributed by atoms with Crippen molar-refractivity contribution in [2.45, 2.75) is 65.2 Å². The van der Waals surface area contributed by atoms with Crippen LogP contribution in [-0.2, 0) is 4.79 Å². The summed E-state index contributed by atoms with van der Waals surface area (Å²) in [6, 6.07) is 0. The van der Waals surface area contributed by atoms with Gasteiger partial charge in [-0.25, -0.2) is 0 Å². The second kappa shape index (κ2) is 5.62. The highest BCUT2D eigenvalue weighted by Gasteiger charge is 2.58. The molecule has 0 aromatic carbocycles. The minimum absolute atomic E-state index is 0.275. The highest BCUT2D eigenvalue weighted by molar-refractivity contribution is 5.91. The number of fused-ring (bicyclic) bond motifs is 5. The molecule has 0 heterocycles. The molecular formula is C20H30N3O+. The van der Waals surface area contributed by atoms with Crippen molar-refractivity contribution in [1.82, 2.24) is 4.91 Å². The van der Waals surface area contributed by atoms with Crippen LogP contribution >= 0.6 is 0 Å². The fourth-order valence-corrected chi connectivity index (χ4v) is 7.11. The Labute approximate surface area is 144 Å². The fraction of sp³-hybridized carbons (Fsp3) is 0.850. The average Bonchev–Trinajstić information content (AvgIpc) is 2.90. The van der Waals surface area contributed by atoms with Gasteiger partial charge < -0.3 is 0 Å². The monoisotopic (exact) mass is 328 g/mol. The number of rotatable bonds is 2. The number of hydrogen-bond donors (Lipinski definition) is 1. The van der Waals surface area contributed by atoms with Gasteiger partial charge in [-0.1, -0.05) is 19.4 Å². The summed E-state index contributed by atoms with van der Waals surface area (Å²) in [6.45, 7) is 5.68. The summed E-state index contributed by atoms with van der Waals surface area (Å²) in [5, 5.41) is 4.03. The summed E-state index contributed by atoms with van der Waals surface area (Å²) >= 11 is 0. The Kier molecular flexibility index (Phi) is 3.80. The highest BCUT2D eigenvalue weighted by Crippen LogP contribution is 2.66. The summed E-state index contributed by atoms with van der Waals surface area (Å²) in [5.41, 5.74) is 9.10. The Morgan fingerprint density at radius 2 is 2.00 bits per heavy atom. The normalized spacial score (nSPS) is 47.1. The van der Waals surface area contributed by atoms with E-state index in [4.69, 9.17) is 5.53 Å². The Balaban J connectivity index is 1.62. The molecule has 4 nitrogen and oxygen atoms in total. The zero-order valence-corrected chi connectivity index (χ0v) is 15.1. The van der Waals surface area contributed by atoms with Crippen LogP contribution in [0.25, 0.3) is 0 Å². The predicted molar refractivity (Wildman–Crippen MR) is 92.3 cm³/mol. The lowest BCUT2D eigenvalue weighted by Crippen LogP contribution is -2.50. The van der Waals surface area contributed by atoms with Crippen LogP contribution in [-0.4, -0.2) is 12.3 Å². The third-order valence-corrected chi connectivity index (χ3v) is 8.53. The van der Waals surface area contributed by atoms with E-state index in [0.717, 1.165) is 43.6 Å². The predicted octanol–water partition coefficient (Wildman–Crippen LogP) is 4.68. The second-order valence-electron chi connectivity index (χ2n) is 9.21. The Morgan fingerprint density at radius 1 is 1.17 bits per heavy atom. The van der Waals surface area contributed by atoms with Crippen LogP contribution in [0.2, 0.25) is 0 Å². The molecule has 0 amide bonds. The van der Waals surface area contributed by atoms with Gasteiger partial charge in [-0.15, -0.1) is 0 Å². The first-order valence-electron chi connectivity index (χ1n) is 9.76. The number of nitrogens with one attached hydrogen (secondary N) is 1. The van der Waals surface area contributed by atoms with Crippen molar-refractivity contribution in [1.29, 1.82) is 5.53 Å². The van der Waals surface area contributed by atoms with Crippen molar-refractivity contribution in [2.75, 3.05) is 6.54 Å². The van der Waals surface area contributed by atoms with E-state index in [1.807, 2.05) is 6.08 Å². The van der Waals surface area contributed by atoms with Crippen molar-refractivity contribution in [3.8, 4) is 0 Å². The number of hydrogen-bond acceptors (Lipinski definition) is 3. The van der Waals surface area contributed by atoms with Gasteiger partial charge in [0, 0.05) is 6.42 Å². The molecule has 1 N–H and O–H groups in total. The zero-order valence-electron chi connectivity index (χ0n) is 15.1. The van der Waals surface area contributed by atoms with Gasteiger partial charge in [-0.3, -0.25) is 4.79 Å². The zero-order chi connectivity index (χ0) is 16.9. The van der Waals surface area contributed by atoms with Crippen LogP contribution in [0.1, 0.15) is 65.2 Å². The molecule has 0 aliphatic heterocycles. The number of carbonyl (C=O) groups excluding carboxylic acids is 1. The summed E-state index contributed by atoms with van der Waals surface area (Å²) < 4.78 is 0. The van der Waals surface area contributed by atoms with Gasteiger partial charge in [0.25, 0.3) is 0 Å². The van der Waals surface area contributed by atoms with Gasteiger partial charge >= 0.3 is 0 Å². The van der Waals surface area contributed by atoms with Crippen LogP contribution in [0.5, 0.6) is 0 Å². The number of ketones is 1. The van der Waals surface area contributed by atoms with Crippen LogP contribution < -0.4 is 4.91 Å². The maximum absolute atomic E-state index is 11.9. The number of nitrogens with zero attached hydrogens (tertiary/aromatic N) is 2. The molecular weight excluding hydrogens is 298 g/mol. The molecule has 0 saturated heterocycles. The molecule has 0 spiro atoms. The Bertz CT molecular complexity index is 635. The lowest BCUT2D eigenvalue weighted by atomic mass is 9.47. The van der Waals surface area contributed by atoms with E-state index < -0.39 is 0 Å². The van der Waals surface area contributed by atoms with E-state index in [2.05, 4.69) is 23.9 Å². The van der Waals surface area contributed by atoms with Crippen LogP contribution in [0.3, 0.4) is 0 Å². The molecule has 0 aromatic heterocycles. The summed E-state index contributed by atoms with van der Waals surface area (Å²) in [6.07, 6.45) is 11.4. The molecule has 4 aliphatic rings. The smallest absolute Gasteiger partial charge is 0.214 e. The van der Waals surface area contributed by atoms with Gasteiger partial charge in [-0.05, 0) is 85.5 Å². The van der Waals surface area contributed by atoms with E-state index >= 15 is 0 Å².